The topological polar surface area (TPSA) is 86.1 Å². The van der Waals surface area contributed by atoms with E-state index in [1.54, 1.807) is 37.1 Å². The molecule has 3 rings (SSSR count). The number of carbonyl (C=O) groups excluding carboxylic acids is 1. The quantitative estimate of drug-likeness (QED) is 0.722. The van der Waals surface area contributed by atoms with Gasteiger partial charge in [-0.05, 0) is 52.3 Å². The summed E-state index contributed by atoms with van der Waals surface area (Å²) in [7, 11) is -1.41. The highest BCUT2D eigenvalue weighted by molar-refractivity contribution is 7.83. The minimum absolute atomic E-state index is 0.198. The molecule has 0 saturated heterocycles. The molecule has 2 aromatic heterocycles. The third-order valence-corrected chi connectivity index (χ3v) is 5.22. The number of carbonyl (C=O) groups is 1. The Balaban J connectivity index is 1.82. The summed E-state index contributed by atoms with van der Waals surface area (Å²) in [6.07, 6.45) is 2.84. The summed E-state index contributed by atoms with van der Waals surface area (Å²) >= 11 is 0. The highest BCUT2D eigenvalue weighted by atomic mass is 32.2. The van der Waals surface area contributed by atoms with E-state index in [1.807, 2.05) is 38.1 Å². The molecule has 0 aliphatic heterocycles. The number of ether oxygens (including phenoxy) is 1. The first-order valence-corrected chi connectivity index (χ1v) is 10.0. The van der Waals surface area contributed by atoms with Crippen molar-refractivity contribution >= 4 is 28.2 Å². The number of benzene rings is 1. The van der Waals surface area contributed by atoms with E-state index in [9.17, 15) is 9.00 Å². The van der Waals surface area contributed by atoms with Crippen LogP contribution in [0, 0.1) is 13.8 Å². The summed E-state index contributed by atoms with van der Waals surface area (Å²) < 4.78 is 19.8. The van der Waals surface area contributed by atoms with Crippen LogP contribution in [0.15, 0.2) is 41.6 Å². The van der Waals surface area contributed by atoms with Crippen LogP contribution in [0.2, 0.25) is 0 Å². The molecule has 1 aromatic carbocycles. The van der Waals surface area contributed by atoms with Crippen molar-refractivity contribution < 1.29 is 13.7 Å². The number of nitrogens with zero attached hydrogens (tertiary/aromatic N) is 3. The zero-order valence-corrected chi connectivity index (χ0v) is 17.5. The standard InChI is InChI=1S/C20H24N4O3S/c1-13-6-8-16(9-7-13)28(26)24-12-14(2)17-18(24)21-10-15(23-17)11-22-19(25)27-20(3,4)5/h6-10,12H,11H2,1-5H3,(H,22,25). The number of hydrogen-bond acceptors (Lipinski definition) is 5. The minimum atomic E-state index is -1.41. The van der Waals surface area contributed by atoms with Gasteiger partial charge >= 0.3 is 6.09 Å². The smallest absolute Gasteiger partial charge is 0.407 e. The highest BCUT2D eigenvalue weighted by Gasteiger charge is 2.17. The number of nitrogens with one attached hydrogen (secondary N) is 1. The molecule has 0 aliphatic carbocycles. The van der Waals surface area contributed by atoms with E-state index in [-0.39, 0.29) is 6.54 Å². The summed E-state index contributed by atoms with van der Waals surface area (Å²) in [4.78, 5) is 21.5. The lowest BCUT2D eigenvalue weighted by Crippen LogP contribution is -2.32. The summed E-state index contributed by atoms with van der Waals surface area (Å²) in [6.45, 7) is 9.49. The number of alkyl carbamates (subject to hydrolysis) is 1. The number of hydrogen-bond donors (Lipinski definition) is 1. The Morgan fingerprint density at radius 2 is 1.89 bits per heavy atom. The predicted molar refractivity (Wildman–Crippen MR) is 108 cm³/mol. The van der Waals surface area contributed by atoms with Crippen molar-refractivity contribution in [3.8, 4) is 0 Å². The number of amides is 1. The summed E-state index contributed by atoms with van der Waals surface area (Å²) in [5.74, 6) is 0. The Bertz CT molecular complexity index is 1040. The van der Waals surface area contributed by atoms with E-state index in [0.29, 0.717) is 21.8 Å². The van der Waals surface area contributed by atoms with Crippen molar-refractivity contribution in [2.24, 2.45) is 0 Å². The van der Waals surface area contributed by atoms with Gasteiger partial charge in [-0.3, -0.25) is 0 Å². The monoisotopic (exact) mass is 400 g/mol. The zero-order chi connectivity index (χ0) is 20.5. The normalized spacial score (nSPS) is 12.8. The van der Waals surface area contributed by atoms with Crippen LogP contribution in [-0.2, 0) is 22.3 Å². The van der Waals surface area contributed by atoms with Gasteiger partial charge in [0.15, 0.2) is 16.6 Å². The highest BCUT2D eigenvalue weighted by Crippen LogP contribution is 2.21. The molecule has 8 heteroatoms. The molecule has 0 bridgehead atoms. The molecule has 0 saturated carbocycles. The third kappa shape index (κ3) is 4.56. The van der Waals surface area contributed by atoms with Gasteiger partial charge < -0.3 is 10.1 Å². The molecule has 28 heavy (non-hydrogen) atoms. The van der Waals surface area contributed by atoms with Gasteiger partial charge in [0.2, 0.25) is 0 Å². The van der Waals surface area contributed by atoms with Crippen molar-refractivity contribution in [3.63, 3.8) is 0 Å². The molecule has 0 fully saturated rings. The van der Waals surface area contributed by atoms with Crippen LogP contribution in [0.1, 0.15) is 37.6 Å². The molecule has 1 unspecified atom stereocenters. The van der Waals surface area contributed by atoms with E-state index < -0.39 is 22.7 Å². The van der Waals surface area contributed by atoms with Crippen LogP contribution in [0.25, 0.3) is 11.2 Å². The predicted octanol–water partition coefficient (Wildman–Crippen LogP) is 3.64. The van der Waals surface area contributed by atoms with Gasteiger partial charge in [0.25, 0.3) is 0 Å². The van der Waals surface area contributed by atoms with Gasteiger partial charge in [-0.15, -0.1) is 0 Å². The lowest BCUT2D eigenvalue weighted by atomic mass is 10.2. The lowest BCUT2D eigenvalue weighted by Gasteiger charge is -2.19. The number of rotatable bonds is 4. The first-order valence-electron chi connectivity index (χ1n) is 8.93. The van der Waals surface area contributed by atoms with Crippen LogP contribution in [-0.4, -0.2) is 29.8 Å². The van der Waals surface area contributed by atoms with E-state index in [4.69, 9.17) is 4.74 Å². The van der Waals surface area contributed by atoms with Crippen molar-refractivity contribution in [3.05, 3.63) is 53.5 Å². The molecule has 1 amide bonds. The second kappa shape index (κ2) is 7.71. The average Bonchev–Trinajstić information content (AvgIpc) is 2.95. The Morgan fingerprint density at radius 3 is 2.54 bits per heavy atom. The van der Waals surface area contributed by atoms with Crippen LogP contribution in [0.5, 0.6) is 0 Å². The fourth-order valence-corrected chi connectivity index (χ4v) is 3.74. The van der Waals surface area contributed by atoms with Gasteiger partial charge in [0.05, 0.1) is 23.3 Å². The van der Waals surface area contributed by atoms with Crippen molar-refractivity contribution in [1.82, 2.24) is 19.3 Å². The SMILES string of the molecule is Cc1ccc(S(=O)n2cc(C)c3nc(CNC(=O)OC(C)(C)C)cnc32)cc1. The minimum Gasteiger partial charge on any atom is -0.444 e. The molecular weight excluding hydrogens is 376 g/mol. The Morgan fingerprint density at radius 1 is 1.21 bits per heavy atom. The van der Waals surface area contributed by atoms with Crippen LogP contribution < -0.4 is 5.32 Å². The van der Waals surface area contributed by atoms with Crippen molar-refractivity contribution in [2.75, 3.05) is 0 Å². The molecule has 7 nitrogen and oxygen atoms in total. The van der Waals surface area contributed by atoms with Gasteiger partial charge in [-0.25, -0.2) is 22.9 Å². The van der Waals surface area contributed by atoms with E-state index >= 15 is 0 Å². The molecular formula is C20H24N4O3S. The largest absolute Gasteiger partial charge is 0.444 e. The van der Waals surface area contributed by atoms with Gasteiger partial charge in [0, 0.05) is 6.20 Å². The van der Waals surface area contributed by atoms with Gasteiger partial charge in [-0.2, -0.15) is 0 Å². The Hall–Kier alpha value is -2.74. The molecule has 0 spiro atoms. The molecule has 0 aliphatic rings. The average molecular weight is 401 g/mol. The zero-order valence-electron chi connectivity index (χ0n) is 16.6. The summed E-state index contributed by atoms with van der Waals surface area (Å²) in [5.41, 5.74) is 3.20. The molecule has 1 N–H and O–H groups in total. The second-order valence-electron chi connectivity index (χ2n) is 7.59. The summed E-state index contributed by atoms with van der Waals surface area (Å²) in [6, 6.07) is 7.55. The van der Waals surface area contributed by atoms with E-state index in [2.05, 4.69) is 15.3 Å². The molecule has 148 valence electrons. The maximum absolute atomic E-state index is 13.0. The number of fused-ring (bicyclic) bond motifs is 1. The Kier molecular flexibility index (Phi) is 5.51. The molecule has 0 radical (unpaired) electrons. The fourth-order valence-electron chi connectivity index (χ4n) is 2.60. The lowest BCUT2D eigenvalue weighted by molar-refractivity contribution is 0.0523. The van der Waals surface area contributed by atoms with Gasteiger partial charge in [0.1, 0.15) is 11.1 Å². The van der Waals surface area contributed by atoms with E-state index in [0.717, 1.165) is 11.1 Å². The maximum atomic E-state index is 13.0. The second-order valence-corrected chi connectivity index (χ2v) is 8.95. The Labute approximate surface area is 166 Å². The maximum Gasteiger partial charge on any atom is 0.407 e. The third-order valence-electron chi connectivity index (χ3n) is 3.91. The number of aromatic nitrogens is 3. The fraction of sp³-hybridized carbons (Fsp3) is 0.350. The first-order chi connectivity index (χ1) is 13.1. The number of aryl methyl sites for hydroxylation is 2. The van der Waals surface area contributed by atoms with Gasteiger partial charge in [-0.1, -0.05) is 17.7 Å². The van der Waals surface area contributed by atoms with Crippen molar-refractivity contribution in [1.29, 1.82) is 0 Å². The van der Waals surface area contributed by atoms with E-state index in [1.165, 1.54) is 0 Å². The van der Waals surface area contributed by atoms with Crippen LogP contribution in [0.3, 0.4) is 0 Å². The first kappa shape index (κ1) is 20.0. The van der Waals surface area contributed by atoms with Crippen LogP contribution >= 0.6 is 0 Å². The molecule has 2 heterocycles. The van der Waals surface area contributed by atoms with Crippen LogP contribution in [0.4, 0.5) is 4.79 Å². The summed E-state index contributed by atoms with van der Waals surface area (Å²) in [5, 5.41) is 2.67. The molecule has 1 atom stereocenters. The molecule has 3 aromatic rings. The van der Waals surface area contributed by atoms with Crippen molar-refractivity contribution in [2.45, 2.75) is 51.7 Å².